The number of carbonyl (C=O) groups is 1. The van der Waals surface area contributed by atoms with E-state index in [1.165, 1.54) is 5.56 Å². The molecule has 3 aromatic carbocycles. The van der Waals surface area contributed by atoms with Gasteiger partial charge in [-0.1, -0.05) is 55.5 Å². The molecule has 1 heterocycles. The Morgan fingerprint density at radius 3 is 2.37 bits per heavy atom. The predicted molar refractivity (Wildman–Crippen MR) is 136 cm³/mol. The van der Waals surface area contributed by atoms with E-state index in [-0.39, 0.29) is 11.8 Å². The summed E-state index contributed by atoms with van der Waals surface area (Å²) < 4.78 is 6.09. The van der Waals surface area contributed by atoms with Crippen molar-refractivity contribution in [3.8, 4) is 28.7 Å². The highest BCUT2D eigenvalue weighted by Gasteiger charge is 2.20. The molecule has 1 amide bonds. The second-order valence-corrected chi connectivity index (χ2v) is 8.47. The first-order chi connectivity index (χ1) is 17.0. The van der Waals surface area contributed by atoms with Crippen molar-refractivity contribution in [1.82, 2.24) is 15.1 Å². The lowest BCUT2D eigenvalue weighted by Gasteiger charge is -2.19. The molecule has 4 aromatic rings. The Hall–Kier alpha value is -4.24. The molecular weight excluding hydrogens is 436 g/mol. The van der Waals surface area contributed by atoms with Crippen molar-refractivity contribution in [2.45, 2.75) is 33.1 Å². The first-order valence-electron chi connectivity index (χ1n) is 11.9. The van der Waals surface area contributed by atoms with Crippen LogP contribution in [0, 0.1) is 11.3 Å². The smallest absolute Gasteiger partial charge is 0.253 e. The summed E-state index contributed by atoms with van der Waals surface area (Å²) in [5.41, 5.74) is 4.41. The number of hydrogen-bond acceptors (Lipinski definition) is 5. The number of aromatic nitrogens is 2. The summed E-state index contributed by atoms with van der Waals surface area (Å²) in [5.74, 6) is 0.857. The van der Waals surface area contributed by atoms with E-state index in [0.29, 0.717) is 41.6 Å². The van der Waals surface area contributed by atoms with Crippen LogP contribution in [0.4, 0.5) is 0 Å². The predicted octanol–water partition coefficient (Wildman–Crippen LogP) is 6.10. The molecule has 1 aromatic heterocycles. The first-order valence-corrected chi connectivity index (χ1v) is 11.9. The van der Waals surface area contributed by atoms with Gasteiger partial charge in [0.05, 0.1) is 11.6 Å². The third-order valence-corrected chi connectivity index (χ3v) is 6.08. The first kappa shape index (κ1) is 23.9. The van der Waals surface area contributed by atoms with Crippen LogP contribution in [0.3, 0.4) is 0 Å². The van der Waals surface area contributed by atoms with E-state index in [1.807, 2.05) is 62.4 Å². The zero-order valence-electron chi connectivity index (χ0n) is 20.2. The summed E-state index contributed by atoms with van der Waals surface area (Å²) in [5, 5.41) is 18.2. The molecule has 0 aliphatic rings. The van der Waals surface area contributed by atoms with Crippen molar-refractivity contribution in [1.29, 1.82) is 5.26 Å². The number of benzene rings is 3. The lowest BCUT2D eigenvalue weighted by Crippen LogP contribution is -2.30. The monoisotopic (exact) mass is 464 g/mol. The van der Waals surface area contributed by atoms with Crippen LogP contribution in [0.2, 0.25) is 0 Å². The SMILES string of the molecule is CCN(CC)C(=O)c1cc(-c2nnc([C@@H](C)Cc3ccccc3)o2)cc(-c2ccccc2C#N)c1. The van der Waals surface area contributed by atoms with Gasteiger partial charge in [-0.25, -0.2) is 0 Å². The lowest BCUT2D eigenvalue weighted by atomic mass is 9.96. The van der Waals surface area contributed by atoms with Gasteiger partial charge in [0.2, 0.25) is 11.8 Å². The van der Waals surface area contributed by atoms with Crippen molar-refractivity contribution >= 4 is 5.91 Å². The highest BCUT2D eigenvalue weighted by Crippen LogP contribution is 2.31. The third-order valence-electron chi connectivity index (χ3n) is 6.08. The number of nitrogens with zero attached hydrogens (tertiary/aromatic N) is 4. The van der Waals surface area contributed by atoms with Crippen molar-refractivity contribution in [3.05, 3.63) is 95.4 Å². The second kappa shape index (κ2) is 10.8. The van der Waals surface area contributed by atoms with E-state index >= 15 is 0 Å². The van der Waals surface area contributed by atoms with E-state index in [4.69, 9.17) is 4.42 Å². The minimum atomic E-state index is -0.0790. The van der Waals surface area contributed by atoms with Gasteiger partial charge in [-0.15, -0.1) is 10.2 Å². The van der Waals surface area contributed by atoms with Gasteiger partial charge >= 0.3 is 0 Å². The van der Waals surface area contributed by atoms with E-state index < -0.39 is 0 Å². The summed E-state index contributed by atoms with van der Waals surface area (Å²) in [6, 6.07) is 25.3. The number of amides is 1. The van der Waals surface area contributed by atoms with Crippen molar-refractivity contribution < 1.29 is 9.21 Å². The Labute approximate surface area is 205 Å². The average molecular weight is 465 g/mol. The topological polar surface area (TPSA) is 83.0 Å². The molecular formula is C29H28N4O2. The lowest BCUT2D eigenvalue weighted by molar-refractivity contribution is 0.0773. The van der Waals surface area contributed by atoms with Crippen LogP contribution in [-0.2, 0) is 6.42 Å². The fraction of sp³-hybridized carbons (Fsp3) is 0.241. The van der Waals surface area contributed by atoms with E-state index in [1.54, 1.807) is 17.0 Å². The molecule has 1 atom stereocenters. The van der Waals surface area contributed by atoms with Gasteiger partial charge in [-0.05, 0) is 61.2 Å². The second-order valence-electron chi connectivity index (χ2n) is 8.47. The fourth-order valence-corrected chi connectivity index (χ4v) is 4.16. The number of hydrogen-bond donors (Lipinski definition) is 0. The Kier molecular flexibility index (Phi) is 7.37. The maximum absolute atomic E-state index is 13.2. The highest BCUT2D eigenvalue weighted by molar-refractivity contribution is 5.97. The molecule has 0 saturated carbocycles. The zero-order chi connectivity index (χ0) is 24.8. The van der Waals surface area contributed by atoms with Crippen LogP contribution in [0.1, 0.15) is 54.1 Å². The molecule has 6 nitrogen and oxygen atoms in total. The maximum atomic E-state index is 13.2. The van der Waals surface area contributed by atoms with Crippen molar-refractivity contribution in [2.75, 3.05) is 13.1 Å². The molecule has 0 radical (unpaired) electrons. The fourth-order valence-electron chi connectivity index (χ4n) is 4.16. The molecule has 6 heteroatoms. The molecule has 0 bridgehead atoms. The summed E-state index contributed by atoms with van der Waals surface area (Å²) >= 11 is 0. The molecule has 0 N–H and O–H groups in total. The Bertz CT molecular complexity index is 1350. The quantitative estimate of drug-likeness (QED) is 0.314. The molecule has 4 rings (SSSR count). The minimum Gasteiger partial charge on any atom is -0.420 e. The van der Waals surface area contributed by atoms with Gasteiger partial charge in [-0.2, -0.15) is 5.26 Å². The molecule has 0 fully saturated rings. The molecule has 0 aliphatic heterocycles. The summed E-state index contributed by atoms with van der Waals surface area (Å²) in [4.78, 5) is 15.0. The van der Waals surface area contributed by atoms with Gasteiger partial charge in [0.15, 0.2) is 0 Å². The zero-order valence-corrected chi connectivity index (χ0v) is 20.2. The standard InChI is InChI=1S/C29H28N4O2/c1-4-33(5-2)29(34)25-17-23(26-14-10-9-13-22(26)19-30)16-24(18-25)28-32-31-27(35-28)20(3)15-21-11-7-6-8-12-21/h6-14,16-18,20H,4-5,15H2,1-3H3/t20-/m0/s1. The number of carbonyl (C=O) groups excluding carboxylic acids is 1. The minimum absolute atomic E-state index is 0.0397. The Balaban J connectivity index is 1.75. The van der Waals surface area contributed by atoms with Crippen LogP contribution in [0.15, 0.2) is 77.2 Å². The Morgan fingerprint density at radius 1 is 0.971 bits per heavy atom. The van der Waals surface area contributed by atoms with Gasteiger partial charge in [0, 0.05) is 30.1 Å². The summed E-state index contributed by atoms with van der Waals surface area (Å²) in [7, 11) is 0. The maximum Gasteiger partial charge on any atom is 0.253 e. The van der Waals surface area contributed by atoms with Gasteiger partial charge in [0.1, 0.15) is 0 Å². The summed E-state index contributed by atoms with van der Waals surface area (Å²) in [6.07, 6.45) is 0.782. The molecule has 176 valence electrons. The van der Waals surface area contributed by atoms with Crippen LogP contribution >= 0.6 is 0 Å². The highest BCUT2D eigenvalue weighted by atomic mass is 16.4. The molecule has 0 aliphatic carbocycles. The van der Waals surface area contributed by atoms with Crippen LogP contribution in [0.5, 0.6) is 0 Å². The summed E-state index contributed by atoms with van der Waals surface area (Å²) in [6.45, 7) is 7.17. The van der Waals surface area contributed by atoms with Crippen LogP contribution in [0.25, 0.3) is 22.6 Å². The molecule has 0 spiro atoms. The Morgan fingerprint density at radius 2 is 1.66 bits per heavy atom. The average Bonchev–Trinajstić information content (AvgIpc) is 3.40. The normalized spacial score (nSPS) is 11.6. The van der Waals surface area contributed by atoms with Crippen LogP contribution < -0.4 is 0 Å². The third kappa shape index (κ3) is 5.30. The van der Waals surface area contributed by atoms with Crippen molar-refractivity contribution in [3.63, 3.8) is 0 Å². The van der Waals surface area contributed by atoms with Gasteiger partial charge in [-0.3, -0.25) is 4.79 Å². The largest absolute Gasteiger partial charge is 0.420 e. The van der Waals surface area contributed by atoms with Crippen LogP contribution in [-0.4, -0.2) is 34.1 Å². The van der Waals surface area contributed by atoms with E-state index in [0.717, 1.165) is 17.5 Å². The number of nitriles is 1. The van der Waals surface area contributed by atoms with Gasteiger partial charge < -0.3 is 9.32 Å². The van der Waals surface area contributed by atoms with Crippen molar-refractivity contribution in [2.24, 2.45) is 0 Å². The number of rotatable bonds is 8. The van der Waals surface area contributed by atoms with E-state index in [9.17, 15) is 10.1 Å². The molecule has 0 saturated heterocycles. The van der Waals surface area contributed by atoms with Gasteiger partial charge in [0.25, 0.3) is 5.91 Å². The molecule has 0 unspecified atom stereocenters. The molecule has 35 heavy (non-hydrogen) atoms. The van der Waals surface area contributed by atoms with E-state index in [2.05, 4.69) is 35.3 Å².